The van der Waals surface area contributed by atoms with Crippen LogP contribution in [0.15, 0.2) is 76.4 Å². The summed E-state index contributed by atoms with van der Waals surface area (Å²) >= 11 is 0. The molecule has 116 valence electrons. The molecule has 0 bridgehead atoms. The molecule has 2 nitrogen and oxygen atoms in total. The zero-order chi connectivity index (χ0) is 16.2. The van der Waals surface area contributed by atoms with Gasteiger partial charge in [-0.25, -0.2) is 0 Å². The fourth-order valence-corrected chi connectivity index (χ4v) is 2.95. The first-order chi connectivity index (χ1) is 11.2. The Bertz CT molecular complexity index is 796. The standard InChI is InChI=1S/C21H22N2/c1-15-13-21(17(3)16(15)2)20-12-8-7-9-18(20)14-22-23-19-10-5-4-6-11-19/h4-12,14,23H,13H2,1-3H3. The van der Waals surface area contributed by atoms with Crippen LogP contribution >= 0.6 is 0 Å². The molecule has 1 N–H and O–H groups in total. The molecule has 1 aliphatic rings. The maximum absolute atomic E-state index is 4.40. The second-order valence-corrected chi connectivity index (χ2v) is 6.01. The number of hydrogen-bond donors (Lipinski definition) is 1. The van der Waals surface area contributed by atoms with Crippen LogP contribution in [0.1, 0.15) is 38.3 Å². The molecule has 2 aromatic rings. The Morgan fingerprint density at radius 2 is 1.57 bits per heavy atom. The van der Waals surface area contributed by atoms with Gasteiger partial charge in [0.05, 0.1) is 11.9 Å². The maximum atomic E-state index is 4.40. The molecule has 0 unspecified atom stereocenters. The predicted molar refractivity (Wildman–Crippen MR) is 99.7 cm³/mol. The van der Waals surface area contributed by atoms with E-state index in [9.17, 15) is 0 Å². The summed E-state index contributed by atoms with van der Waals surface area (Å²) < 4.78 is 0. The highest BCUT2D eigenvalue weighted by atomic mass is 15.3. The predicted octanol–water partition coefficient (Wildman–Crippen LogP) is 5.65. The van der Waals surface area contributed by atoms with E-state index in [1.165, 1.54) is 27.9 Å². The Morgan fingerprint density at radius 1 is 0.870 bits per heavy atom. The molecule has 0 spiro atoms. The van der Waals surface area contributed by atoms with Crippen LogP contribution in [0, 0.1) is 0 Å². The van der Waals surface area contributed by atoms with Gasteiger partial charge in [-0.3, -0.25) is 5.43 Å². The minimum Gasteiger partial charge on any atom is -0.279 e. The molecule has 0 saturated heterocycles. The second kappa shape index (κ2) is 6.66. The highest BCUT2D eigenvalue weighted by molar-refractivity contribution is 5.91. The summed E-state index contributed by atoms with van der Waals surface area (Å²) in [5, 5.41) is 4.40. The van der Waals surface area contributed by atoms with E-state index in [0.717, 1.165) is 17.7 Å². The summed E-state index contributed by atoms with van der Waals surface area (Å²) in [5.41, 5.74) is 12.2. The summed E-state index contributed by atoms with van der Waals surface area (Å²) in [7, 11) is 0. The molecular formula is C21H22N2. The lowest BCUT2D eigenvalue weighted by Crippen LogP contribution is -1.95. The van der Waals surface area contributed by atoms with E-state index in [4.69, 9.17) is 0 Å². The molecule has 0 aliphatic heterocycles. The van der Waals surface area contributed by atoms with Gasteiger partial charge in [-0.2, -0.15) is 5.10 Å². The summed E-state index contributed by atoms with van der Waals surface area (Å²) in [6.07, 6.45) is 2.94. The molecule has 0 amide bonds. The third kappa shape index (κ3) is 3.26. The number of para-hydroxylation sites is 1. The number of nitrogens with zero attached hydrogens (tertiary/aromatic N) is 1. The van der Waals surface area contributed by atoms with Crippen LogP contribution in [0.2, 0.25) is 0 Å². The zero-order valence-electron chi connectivity index (χ0n) is 13.9. The van der Waals surface area contributed by atoms with Crippen LogP contribution in [0.25, 0.3) is 5.57 Å². The van der Waals surface area contributed by atoms with Crippen molar-refractivity contribution in [3.63, 3.8) is 0 Å². The number of rotatable bonds is 4. The van der Waals surface area contributed by atoms with Gasteiger partial charge in [-0.05, 0) is 61.6 Å². The lowest BCUT2D eigenvalue weighted by Gasteiger charge is -2.09. The Hall–Kier alpha value is -2.61. The van der Waals surface area contributed by atoms with Gasteiger partial charge in [-0.1, -0.05) is 48.0 Å². The van der Waals surface area contributed by atoms with Gasteiger partial charge in [0, 0.05) is 5.56 Å². The minimum absolute atomic E-state index is 0.992. The molecule has 0 atom stereocenters. The van der Waals surface area contributed by atoms with Crippen molar-refractivity contribution >= 4 is 17.5 Å². The average molecular weight is 302 g/mol. The SMILES string of the molecule is CC1=C(C)C(C)=C(c2ccccc2C=NNc2ccccc2)C1. The Labute approximate surface area is 138 Å². The fraction of sp³-hybridized carbons (Fsp3) is 0.190. The molecular weight excluding hydrogens is 280 g/mol. The molecule has 0 fully saturated rings. The lowest BCUT2D eigenvalue weighted by atomic mass is 9.96. The number of nitrogens with one attached hydrogen (secondary N) is 1. The van der Waals surface area contributed by atoms with Gasteiger partial charge in [0.2, 0.25) is 0 Å². The van der Waals surface area contributed by atoms with E-state index in [1.807, 2.05) is 36.5 Å². The summed E-state index contributed by atoms with van der Waals surface area (Å²) in [6.45, 7) is 6.65. The quantitative estimate of drug-likeness (QED) is 0.573. The third-order valence-electron chi connectivity index (χ3n) is 4.55. The van der Waals surface area contributed by atoms with Gasteiger partial charge < -0.3 is 0 Å². The van der Waals surface area contributed by atoms with Gasteiger partial charge in [0.15, 0.2) is 0 Å². The Morgan fingerprint density at radius 3 is 2.26 bits per heavy atom. The smallest absolute Gasteiger partial charge is 0.0561 e. The van der Waals surface area contributed by atoms with Crippen molar-refractivity contribution in [1.82, 2.24) is 0 Å². The summed E-state index contributed by atoms with van der Waals surface area (Å²) in [5.74, 6) is 0. The van der Waals surface area contributed by atoms with Crippen molar-refractivity contribution in [1.29, 1.82) is 0 Å². The second-order valence-electron chi connectivity index (χ2n) is 6.01. The largest absolute Gasteiger partial charge is 0.279 e. The maximum Gasteiger partial charge on any atom is 0.0561 e. The normalized spacial score (nSPS) is 14.9. The lowest BCUT2D eigenvalue weighted by molar-refractivity contribution is 1.22. The van der Waals surface area contributed by atoms with E-state index >= 15 is 0 Å². The van der Waals surface area contributed by atoms with Crippen LogP contribution < -0.4 is 5.43 Å². The molecule has 0 radical (unpaired) electrons. The minimum atomic E-state index is 0.992. The van der Waals surface area contributed by atoms with Crippen molar-refractivity contribution in [2.45, 2.75) is 27.2 Å². The van der Waals surface area contributed by atoms with E-state index in [-0.39, 0.29) is 0 Å². The monoisotopic (exact) mass is 302 g/mol. The topological polar surface area (TPSA) is 24.4 Å². The van der Waals surface area contributed by atoms with Crippen LogP contribution in [0.4, 0.5) is 5.69 Å². The molecule has 2 heteroatoms. The first kappa shape index (κ1) is 15.3. The first-order valence-corrected chi connectivity index (χ1v) is 7.97. The molecule has 23 heavy (non-hydrogen) atoms. The van der Waals surface area contributed by atoms with Crippen molar-refractivity contribution < 1.29 is 0 Å². The summed E-state index contributed by atoms with van der Waals surface area (Å²) in [6, 6.07) is 18.5. The Balaban J connectivity index is 1.85. The van der Waals surface area contributed by atoms with Gasteiger partial charge in [0.1, 0.15) is 0 Å². The molecule has 0 heterocycles. The van der Waals surface area contributed by atoms with Crippen LogP contribution in [-0.4, -0.2) is 6.21 Å². The highest BCUT2D eigenvalue weighted by Gasteiger charge is 2.18. The number of hydrazone groups is 1. The van der Waals surface area contributed by atoms with Crippen LogP contribution in [-0.2, 0) is 0 Å². The van der Waals surface area contributed by atoms with Gasteiger partial charge in [0.25, 0.3) is 0 Å². The van der Waals surface area contributed by atoms with E-state index in [1.54, 1.807) is 0 Å². The Kier molecular flexibility index (Phi) is 4.42. The molecule has 0 saturated carbocycles. The molecule has 0 aromatic heterocycles. The van der Waals surface area contributed by atoms with Gasteiger partial charge >= 0.3 is 0 Å². The fourth-order valence-electron chi connectivity index (χ4n) is 2.95. The van der Waals surface area contributed by atoms with E-state index in [2.05, 4.69) is 55.6 Å². The highest BCUT2D eigenvalue weighted by Crippen LogP contribution is 2.38. The van der Waals surface area contributed by atoms with Crippen LogP contribution in [0.5, 0.6) is 0 Å². The number of hydrogen-bond acceptors (Lipinski definition) is 2. The molecule has 1 aliphatic carbocycles. The number of allylic oxidation sites excluding steroid dienone is 4. The van der Waals surface area contributed by atoms with E-state index in [0.29, 0.717) is 0 Å². The van der Waals surface area contributed by atoms with Crippen molar-refractivity contribution in [3.8, 4) is 0 Å². The van der Waals surface area contributed by atoms with E-state index < -0.39 is 0 Å². The molecule has 3 rings (SSSR count). The first-order valence-electron chi connectivity index (χ1n) is 7.97. The number of anilines is 1. The van der Waals surface area contributed by atoms with Gasteiger partial charge in [-0.15, -0.1) is 0 Å². The summed E-state index contributed by atoms with van der Waals surface area (Å²) in [4.78, 5) is 0. The average Bonchev–Trinajstić information content (AvgIpc) is 2.84. The number of benzene rings is 2. The van der Waals surface area contributed by atoms with Crippen molar-refractivity contribution in [2.24, 2.45) is 5.10 Å². The van der Waals surface area contributed by atoms with Crippen LogP contribution in [0.3, 0.4) is 0 Å². The van der Waals surface area contributed by atoms with Crippen molar-refractivity contribution in [2.75, 3.05) is 5.43 Å². The third-order valence-corrected chi connectivity index (χ3v) is 4.55. The van der Waals surface area contributed by atoms with Crippen molar-refractivity contribution in [3.05, 3.63) is 82.4 Å². The molecule has 2 aromatic carbocycles. The zero-order valence-corrected chi connectivity index (χ0v) is 13.9.